The molecule has 182 valence electrons. The van der Waals surface area contributed by atoms with Crippen LogP contribution in [-0.2, 0) is 9.53 Å². The molecule has 1 aromatic heterocycles. The summed E-state index contributed by atoms with van der Waals surface area (Å²) >= 11 is 1.12. The summed E-state index contributed by atoms with van der Waals surface area (Å²) in [6, 6.07) is 7.67. The Labute approximate surface area is 203 Å². The number of likely N-dealkylation sites (tertiary alicyclic amines) is 1. The second-order valence-corrected chi connectivity index (χ2v) is 10.6. The first-order valence-corrected chi connectivity index (χ1v) is 12.4. The Morgan fingerprint density at radius 2 is 1.68 bits per heavy atom. The summed E-state index contributed by atoms with van der Waals surface area (Å²) in [5, 5.41) is 3.07. The number of hydrogen-bond donors (Lipinski definition) is 1. The smallest absolute Gasteiger partial charge is 0.410 e. The van der Waals surface area contributed by atoms with Crippen LogP contribution < -0.4 is 5.32 Å². The molecule has 2 aliphatic rings. The Balaban J connectivity index is 1.40. The number of nitrogens with one attached hydrogen (secondary N) is 1. The summed E-state index contributed by atoms with van der Waals surface area (Å²) in [5.74, 6) is 0.344. The summed E-state index contributed by atoms with van der Waals surface area (Å²) in [4.78, 5) is 45.1. The van der Waals surface area contributed by atoms with E-state index in [1.165, 1.54) is 6.92 Å². The minimum absolute atomic E-state index is 0.0231. The van der Waals surface area contributed by atoms with Gasteiger partial charge >= 0.3 is 6.09 Å². The number of anilines is 1. The molecular formula is C24H31N5O4S. The molecule has 9 nitrogen and oxygen atoms in total. The van der Waals surface area contributed by atoms with Gasteiger partial charge in [0.15, 0.2) is 5.82 Å². The van der Waals surface area contributed by atoms with Crippen molar-refractivity contribution in [1.82, 2.24) is 19.2 Å². The lowest BCUT2D eigenvalue weighted by atomic mass is 10.0. The van der Waals surface area contributed by atoms with E-state index in [0.29, 0.717) is 29.6 Å². The second kappa shape index (κ2) is 9.69. The third-order valence-corrected chi connectivity index (χ3v) is 6.41. The third-order valence-electron chi connectivity index (χ3n) is 5.78. The number of ether oxygens (including phenoxy) is 1. The largest absolute Gasteiger partial charge is 0.444 e. The lowest BCUT2D eigenvalue weighted by molar-refractivity contribution is -0.114. The van der Waals surface area contributed by atoms with Gasteiger partial charge in [0, 0.05) is 54.8 Å². The van der Waals surface area contributed by atoms with Crippen molar-refractivity contribution in [2.45, 2.75) is 71.1 Å². The van der Waals surface area contributed by atoms with Crippen molar-refractivity contribution in [3.8, 4) is 11.4 Å². The minimum atomic E-state index is -0.518. The molecule has 3 amide bonds. The van der Waals surface area contributed by atoms with Gasteiger partial charge in [-0.1, -0.05) is 12.1 Å². The molecule has 0 spiro atoms. The highest BCUT2D eigenvalue weighted by Gasteiger charge is 2.39. The zero-order chi connectivity index (χ0) is 24.5. The first-order chi connectivity index (χ1) is 16.1. The van der Waals surface area contributed by atoms with Gasteiger partial charge in [-0.25, -0.2) is 4.79 Å². The zero-order valence-corrected chi connectivity index (χ0v) is 20.9. The summed E-state index contributed by atoms with van der Waals surface area (Å²) in [6.07, 6.45) is 3.24. The Hall–Kier alpha value is -3.01. The van der Waals surface area contributed by atoms with Crippen LogP contribution >= 0.6 is 11.5 Å². The highest BCUT2D eigenvalue weighted by atomic mass is 32.1. The van der Waals surface area contributed by atoms with E-state index in [4.69, 9.17) is 4.74 Å². The molecule has 0 unspecified atom stereocenters. The quantitative estimate of drug-likeness (QED) is 0.682. The lowest BCUT2D eigenvalue weighted by Crippen LogP contribution is -2.50. The van der Waals surface area contributed by atoms with Crippen molar-refractivity contribution >= 4 is 34.6 Å². The predicted molar refractivity (Wildman–Crippen MR) is 130 cm³/mol. The normalized spacial score (nSPS) is 16.8. The van der Waals surface area contributed by atoms with Gasteiger partial charge in [-0.15, -0.1) is 0 Å². The first-order valence-electron chi connectivity index (χ1n) is 11.6. The Morgan fingerprint density at radius 1 is 1.06 bits per heavy atom. The number of amides is 3. The zero-order valence-electron chi connectivity index (χ0n) is 20.0. The number of rotatable bonds is 5. The number of benzene rings is 1. The van der Waals surface area contributed by atoms with Crippen LogP contribution in [0.25, 0.3) is 11.4 Å². The van der Waals surface area contributed by atoms with Gasteiger partial charge < -0.3 is 19.9 Å². The molecule has 2 heterocycles. The van der Waals surface area contributed by atoms with Crippen LogP contribution in [0.5, 0.6) is 0 Å². The summed E-state index contributed by atoms with van der Waals surface area (Å²) in [6.45, 7) is 8.19. The van der Waals surface area contributed by atoms with E-state index in [1.54, 1.807) is 4.90 Å². The maximum atomic E-state index is 13.4. The maximum Gasteiger partial charge on any atom is 0.410 e. The van der Waals surface area contributed by atoms with E-state index < -0.39 is 5.60 Å². The minimum Gasteiger partial charge on any atom is -0.444 e. The van der Waals surface area contributed by atoms with Crippen LogP contribution in [0.1, 0.15) is 63.7 Å². The molecule has 1 saturated carbocycles. The van der Waals surface area contributed by atoms with Crippen molar-refractivity contribution < 1.29 is 19.1 Å². The fraction of sp³-hybridized carbons (Fsp3) is 0.542. The predicted octanol–water partition coefficient (Wildman–Crippen LogP) is 4.17. The van der Waals surface area contributed by atoms with Crippen LogP contribution in [0.3, 0.4) is 0 Å². The van der Waals surface area contributed by atoms with E-state index in [9.17, 15) is 14.4 Å². The van der Waals surface area contributed by atoms with Crippen molar-refractivity contribution in [2.24, 2.45) is 0 Å². The van der Waals surface area contributed by atoms with E-state index in [0.717, 1.165) is 42.8 Å². The third kappa shape index (κ3) is 5.91. The number of carbonyl (C=O) groups is 3. The summed E-state index contributed by atoms with van der Waals surface area (Å²) < 4.78 is 9.78. The molecule has 1 aromatic carbocycles. The molecule has 1 aliphatic heterocycles. The molecule has 0 atom stereocenters. The van der Waals surface area contributed by atoms with Crippen LogP contribution in [0, 0.1) is 0 Å². The van der Waals surface area contributed by atoms with Crippen LogP contribution in [0.15, 0.2) is 24.3 Å². The van der Waals surface area contributed by atoms with Crippen molar-refractivity contribution in [2.75, 3.05) is 18.4 Å². The van der Waals surface area contributed by atoms with Gasteiger partial charge in [-0.3, -0.25) is 9.59 Å². The van der Waals surface area contributed by atoms with Gasteiger partial charge in [0.2, 0.25) is 11.0 Å². The van der Waals surface area contributed by atoms with Crippen molar-refractivity contribution in [1.29, 1.82) is 0 Å². The first kappa shape index (κ1) is 24.1. The average molecular weight is 486 g/mol. The van der Waals surface area contributed by atoms with E-state index >= 15 is 0 Å². The van der Waals surface area contributed by atoms with Gasteiger partial charge in [-0.2, -0.15) is 9.36 Å². The number of hydrogen-bond acceptors (Lipinski definition) is 7. The monoisotopic (exact) mass is 485 g/mol. The molecule has 34 heavy (non-hydrogen) atoms. The second-order valence-electron chi connectivity index (χ2n) is 9.82. The molecule has 0 bridgehead atoms. The SMILES string of the molecule is CC(=O)Nc1nc(-c2ccc(C(=O)N(C3CC3)C3CCN(C(=O)OC(C)(C)C)CC3)cc2)ns1. The lowest BCUT2D eigenvalue weighted by Gasteiger charge is -2.39. The molecule has 1 aliphatic carbocycles. The molecule has 2 aromatic rings. The van der Waals surface area contributed by atoms with Gasteiger partial charge in [-0.05, 0) is 58.6 Å². The van der Waals surface area contributed by atoms with Gasteiger partial charge in [0.25, 0.3) is 5.91 Å². The number of carbonyl (C=O) groups excluding carboxylic acids is 3. The molecule has 2 fully saturated rings. The highest BCUT2D eigenvalue weighted by molar-refractivity contribution is 7.10. The standard InChI is InChI=1S/C24H31N5O4S/c1-15(30)25-22-26-20(27-34-22)16-5-7-17(8-6-16)21(31)29(18-9-10-18)19-11-13-28(14-12-19)23(32)33-24(2,3)4/h5-8,18-19H,9-14H2,1-4H3,(H,25,26,27,30). The molecule has 1 saturated heterocycles. The van der Waals surface area contributed by atoms with Gasteiger partial charge in [0.05, 0.1) is 0 Å². The Morgan fingerprint density at radius 3 is 2.24 bits per heavy atom. The Bertz CT molecular complexity index is 1050. The van der Waals surface area contributed by atoms with Crippen molar-refractivity contribution in [3.63, 3.8) is 0 Å². The van der Waals surface area contributed by atoms with Gasteiger partial charge in [0.1, 0.15) is 5.60 Å². The van der Waals surface area contributed by atoms with Crippen LogP contribution in [-0.4, -0.2) is 67.8 Å². The maximum absolute atomic E-state index is 13.4. The fourth-order valence-corrected chi connectivity index (χ4v) is 4.72. The number of aromatic nitrogens is 2. The highest BCUT2D eigenvalue weighted by Crippen LogP contribution is 2.34. The van der Waals surface area contributed by atoms with E-state index in [-0.39, 0.29) is 30.0 Å². The molecule has 1 N–H and O–H groups in total. The molecular weight excluding hydrogens is 454 g/mol. The molecule has 0 radical (unpaired) electrons. The Kier molecular flexibility index (Phi) is 6.88. The number of piperidine rings is 1. The van der Waals surface area contributed by atoms with Crippen molar-refractivity contribution in [3.05, 3.63) is 29.8 Å². The summed E-state index contributed by atoms with van der Waals surface area (Å²) in [5.41, 5.74) is 0.894. The average Bonchev–Trinajstić information content (AvgIpc) is 3.50. The molecule has 10 heteroatoms. The van der Waals surface area contributed by atoms with E-state index in [1.807, 2.05) is 49.9 Å². The van der Waals surface area contributed by atoms with Crippen LogP contribution in [0.4, 0.5) is 9.93 Å². The van der Waals surface area contributed by atoms with E-state index in [2.05, 4.69) is 14.7 Å². The topological polar surface area (TPSA) is 105 Å². The molecule has 4 rings (SSSR count). The number of nitrogens with zero attached hydrogens (tertiary/aromatic N) is 4. The van der Waals surface area contributed by atoms with Crippen LogP contribution in [0.2, 0.25) is 0 Å². The summed E-state index contributed by atoms with van der Waals surface area (Å²) in [7, 11) is 0. The fourth-order valence-electron chi connectivity index (χ4n) is 4.09.